The molecule has 0 saturated carbocycles. The molecule has 0 spiro atoms. The molecule has 1 unspecified atom stereocenters. The van der Waals surface area contributed by atoms with Gasteiger partial charge >= 0.3 is 6.03 Å². The molecule has 1 atom stereocenters. The number of carbonyl (C=O) groups is 3. The predicted octanol–water partition coefficient (Wildman–Crippen LogP) is 0.778. The normalized spacial score (nSPS) is 14.7. The van der Waals surface area contributed by atoms with E-state index in [9.17, 15) is 14.4 Å². The lowest BCUT2D eigenvalue weighted by atomic mass is 10.1. The molecule has 0 aromatic heterocycles. The lowest BCUT2D eigenvalue weighted by Crippen LogP contribution is -2.42. The second kappa shape index (κ2) is 5.09. The second-order valence-corrected chi connectivity index (χ2v) is 4.32. The first-order valence-electron chi connectivity index (χ1n) is 5.91. The summed E-state index contributed by atoms with van der Waals surface area (Å²) in [6.07, 6.45) is 0.196. The number of ketones is 1. The predicted molar refractivity (Wildman–Crippen MR) is 66.9 cm³/mol. The van der Waals surface area contributed by atoms with Gasteiger partial charge in [0, 0.05) is 17.5 Å². The van der Waals surface area contributed by atoms with Crippen LogP contribution in [0.2, 0.25) is 0 Å². The van der Waals surface area contributed by atoms with Crippen LogP contribution < -0.4 is 15.8 Å². The third-order valence-electron chi connectivity index (χ3n) is 2.95. The minimum atomic E-state index is -0.922. The average Bonchev–Trinajstić information content (AvgIpc) is 2.71. The molecule has 3 N–H and O–H groups in total. The molecule has 0 fully saturated rings. The number of imide groups is 1. The number of nitrogens with two attached hydrogens (primary N) is 1. The van der Waals surface area contributed by atoms with E-state index < -0.39 is 18.0 Å². The quantitative estimate of drug-likeness (QED) is 0.840. The fourth-order valence-corrected chi connectivity index (χ4v) is 2.04. The van der Waals surface area contributed by atoms with Crippen LogP contribution in [-0.4, -0.2) is 23.8 Å². The number of ether oxygens (including phenoxy) is 1. The highest BCUT2D eigenvalue weighted by Crippen LogP contribution is 2.30. The fraction of sp³-hybridized carbons (Fsp3) is 0.308. The maximum absolute atomic E-state index is 11.6. The number of nitrogens with one attached hydrogen (secondary N) is 1. The Labute approximate surface area is 109 Å². The van der Waals surface area contributed by atoms with Gasteiger partial charge in [-0.3, -0.25) is 14.9 Å². The van der Waals surface area contributed by atoms with Crippen LogP contribution in [0.3, 0.4) is 0 Å². The van der Waals surface area contributed by atoms with Crippen LogP contribution in [0.4, 0.5) is 4.79 Å². The van der Waals surface area contributed by atoms with Crippen molar-refractivity contribution in [3.8, 4) is 5.75 Å². The van der Waals surface area contributed by atoms with E-state index in [2.05, 4.69) is 0 Å². The molecular formula is C13H14N2O4. The van der Waals surface area contributed by atoms with Crippen LogP contribution in [0.15, 0.2) is 18.2 Å². The molecule has 100 valence electrons. The summed E-state index contributed by atoms with van der Waals surface area (Å²) in [4.78, 5) is 33.7. The summed E-state index contributed by atoms with van der Waals surface area (Å²) in [5.41, 5.74) is 6.31. The van der Waals surface area contributed by atoms with Crippen molar-refractivity contribution in [2.24, 2.45) is 5.73 Å². The third-order valence-corrected chi connectivity index (χ3v) is 2.95. The molecule has 1 aliphatic carbocycles. The van der Waals surface area contributed by atoms with Crippen molar-refractivity contribution in [1.29, 1.82) is 0 Å². The number of carbonyl (C=O) groups excluding carboxylic acids is 3. The number of Topliss-reactive ketones (excluding diaryl/α,β-unsaturated/α-hetero) is 1. The molecule has 0 heterocycles. The highest BCUT2D eigenvalue weighted by atomic mass is 16.5. The smallest absolute Gasteiger partial charge is 0.318 e. The summed E-state index contributed by atoms with van der Waals surface area (Å²) >= 11 is 0. The molecule has 0 aliphatic heterocycles. The van der Waals surface area contributed by atoms with E-state index in [0.29, 0.717) is 24.2 Å². The number of primary amides is 1. The minimum Gasteiger partial charge on any atom is -0.481 e. The molecular weight excluding hydrogens is 248 g/mol. The van der Waals surface area contributed by atoms with E-state index >= 15 is 0 Å². The van der Waals surface area contributed by atoms with E-state index in [4.69, 9.17) is 10.5 Å². The van der Waals surface area contributed by atoms with Crippen molar-refractivity contribution in [2.75, 3.05) is 0 Å². The molecule has 0 saturated heterocycles. The van der Waals surface area contributed by atoms with E-state index in [1.165, 1.54) is 6.92 Å². The Balaban J connectivity index is 2.14. The third kappa shape index (κ3) is 2.73. The molecule has 3 amide bonds. The second-order valence-electron chi connectivity index (χ2n) is 4.32. The van der Waals surface area contributed by atoms with Crippen molar-refractivity contribution >= 4 is 17.7 Å². The summed E-state index contributed by atoms with van der Waals surface area (Å²) in [6, 6.07) is 4.22. The lowest BCUT2D eigenvalue weighted by molar-refractivity contribution is -0.126. The monoisotopic (exact) mass is 262 g/mol. The van der Waals surface area contributed by atoms with Gasteiger partial charge in [-0.15, -0.1) is 0 Å². The number of fused-ring (bicyclic) bond motifs is 1. The Morgan fingerprint density at radius 2 is 2.11 bits per heavy atom. The van der Waals surface area contributed by atoms with Crippen LogP contribution in [0, 0.1) is 0 Å². The maximum atomic E-state index is 11.6. The summed E-state index contributed by atoms with van der Waals surface area (Å²) in [5, 5.41) is 1.95. The van der Waals surface area contributed by atoms with Crippen LogP contribution in [0.25, 0.3) is 0 Å². The zero-order valence-electron chi connectivity index (χ0n) is 10.4. The number of benzene rings is 1. The maximum Gasteiger partial charge on any atom is 0.318 e. The van der Waals surface area contributed by atoms with Crippen LogP contribution in [0.5, 0.6) is 5.75 Å². The molecule has 0 bridgehead atoms. The Bertz CT molecular complexity index is 554. The summed E-state index contributed by atoms with van der Waals surface area (Å²) < 4.78 is 5.50. The van der Waals surface area contributed by atoms with Gasteiger partial charge in [0.15, 0.2) is 11.9 Å². The Morgan fingerprint density at radius 3 is 2.79 bits per heavy atom. The number of urea groups is 1. The number of rotatable bonds is 3. The number of hydrogen-bond acceptors (Lipinski definition) is 4. The van der Waals surface area contributed by atoms with E-state index in [1.54, 1.807) is 18.2 Å². The summed E-state index contributed by atoms with van der Waals surface area (Å²) in [5.74, 6) is -0.0420. The zero-order chi connectivity index (χ0) is 14.0. The first-order chi connectivity index (χ1) is 8.99. The van der Waals surface area contributed by atoms with E-state index in [1.807, 2.05) is 5.32 Å². The van der Waals surface area contributed by atoms with Gasteiger partial charge in [0.25, 0.3) is 5.91 Å². The number of amides is 3. The molecule has 6 nitrogen and oxygen atoms in total. The van der Waals surface area contributed by atoms with Crippen molar-refractivity contribution in [3.05, 3.63) is 29.3 Å². The van der Waals surface area contributed by atoms with Crippen molar-refractivity contribution in [1.82, 2.24) is 5.32 Å². The molecule has 2 rings (SSSR count). The van der Waals surface area contributed by atoms with Crippen molar-refractivity contribution in [2.45, 2.75) is 25.9 Å². The van der Waals surface area contributed by atoms with Gasteiger partial charge in [0.2, 0.25) is 0 Å². The van der Waals surface area contributed by atoms with Crippen LogP contribution in [0.1, 0.15) is 29.3 Å². The fourth-order valence-electron chi connectivity index (χ4n) is 2.04. The molecule has 0 radical (unpaired) electrons. The largest absolute Gasteiger partial charge is 0.481 e. The molecule has 1 aliphatic rings. The van der Waals surface area contributed by atoms with Gasteiger partial charge in [0.1, 0.15) is 5.75 Å². The van der Waals surface area contributed by atoms with Gasteiger partial charge in [-0.05, 0) is 19.4 Å². The van der Waals surface area contributed by atoms with Gasteiger partial charge in [-0.25, -0.2) is 4.79 Å². The number of hydrogen-bond donors (Lipinski definition) is 2. The molecule has 6 heteroatoms. The van der Waals surface area contributed by atoms with Crippen LogP contribution in [-0.2, 0) is 11.2 Å². The first-order valence-corrected chi connectivity index (χ1v) is 5.91. The molecule has 1 aromatic carbocycles. The molecule has 19 heavy (non-hydrogen) atoms. The van der Waals surface area contributed by atoms with Gasteiger partial charge in [-0.2, -0.15) is 0 Å². The Morgan fingerprint density at radius 1 is 1.37 bits per heavy atom. The van der Waals surface area contributed by atoms with Crippen LogP contribution >= 0.6 is 0 Å². The Kier molecular flexibility index (Phi) is 3.50. The van der Waals surface area contributed by atoms with Gasteiger partial charge in [-0.1, -0.05) is 12.1 Å². The lowest BCUT2D eigenvalue weighted by Gasteiger charge is -2.15. The minimum absolute atomic E-state index is 0.0784. The average molecular weight is 262 g/mol. The summed E-state index contributed by atoms with van der Waals surface area (Å²) in [6.45, 7) is 1.51. The van der Waals surface area contributed by atoms with E-state index in [0.717, 1.165) is 5.56 Å². The Hall–Kier alpha value is -2.37. The highest BCUT2D eigenvalue weighted by Gasteiger charge is 2.24. The topological polar surface area (TPSA) is 98.5 Å². The van der Waals surface area contributed by atoms with Crippen molar-refractivity contribution in [3.63, 3.8) is 0 Å². The summed E-state index contributed by atoms with van der Waals surface area (Å²) in [7, 11) is 0. The van der Waals surface area contributed by atoms with Gasteiger partial charge in [0.05, 0.1) is 0 Å². The zero-order valence-corrected chi connectivity index (χ0v) is 10.4. The SMILES string of the molecule is CC(Oc1cccc2c1CCC2=O)C(=O)NC(N)=O. The first kappa shape index (κ1) is 13.1. The van der Waals surface area contributed by atoms with Crippen molar-refractivity contribution < 1.29 is 19.1 Å². The highest BCUT2D eigenvalue weighted by molar-refractivity contribution is 6.01. The van der Waals surface area contributed by atoms with Gasteiger partial charge < -0.3 is 10.5 Å². The molecule has 1 aromatic rings. The standard InChI is InChI=1S/C13H14N2O4/c1-7(12(17)15-13(14)18)19-11-4-2-3-8-9(11)5-6-10(8)16/h2-4,7H,5-6H2,1H3,(H3,14,15,17,18). The van der Waals surface area contributed by atoms with E-state index in [-0.39, 0.29) is 5.78 Å².